The first kappa shape index (κ1) is 36.0. The maximum Gasteiger partial charge on any atom is 1.00 e. The molecule has 0 heterocycles. The van der Waals surface area contributed by atoms with E-state index >= 15 is 0 Å². The van der Waals surface area contributed by atoms with E-state index in [0.717, 1.165) is 7.11 Å². The van der Waals surface area contributed by atoms with Gasteiger partial charge in [0.1, 0.15) is 0 Å². The normalized spacial score (nSPS) is 5.91. The maximum absolute atomic E-state index is 8.55. The van der Waals surface area contributed by atoms with Gasteiger partial charge in [-0.25, -0.2) is 0 Å². The predicted molar refractivity (Wildman–Crippen MR) is 19.4 cm³/mol. The third kappa shape index (κ3) is 103. The first-order chi connectivity index (χ1) is 3.00. The van der Waals surface area contributed by atoms with E-state index in [1.165, 1.54) is 0 Å². The first-order valence-corrected chi connectivity index (χ1v) is 2.64. The molecule has 0 rings (SSSR count). The fourth-order valence-corrected chi connectivity index (χ4v) is 0. The summed E-state index contributed by atoms with van der Waals surface area (Å²) in [5.41, 5.74) is 0. The van der Waals surface area contributed by atoms with Crippen molar-refractivity contribution in [1.29, 1.82) is 0 Å². The van der Waals surface area contributed by atoms with Gasteiger partial charge in [0, 0.05) is 7.11 Å². The molecule has 0 aliphatic heterocycles. The summed E-state index contributed by atoms with van der Waals surface area (Å²) in [6, 6.07) is 0. The van der Waals surface area contributed by atoms with Crippen LogP contribution >= 0.6 is 7.82 Å². The number of phosphoric acid groups is 1. The number of aliphatic hydroxyl groups excluding tert-OH is 1. The summed E-state index contributed by atoms with van der Waals surface area (Å²) in [6.45, 7) is 0. The van der Waals surface area contributed by atoms with Gasteiger partial charge in [0.05, 0.1) is 0 Å². The van der Waals surface area contributed by atoms with Crippen LogP contribution in [0.15, 0.2) is 0 Å². The molecule has 0 fully saturated rings. The van der Waals surface area contributed by atoms with Gasteiger partial charge in [0.25, 0.3) is 0 Å². The Labute approximate surface area is 193 Å². The van der Waals surface area contributed by atoms with Crippen molar-refractivity contribution in [3.8, 4) is 0 Å². The molecule has 0 aromatic carbocycles. The zero-order valence-corrected chi connectivity index (χ0v) is 17.3. The van der Waals surface area contributed by atoms with Crippen LogP contribution in [0.25, 0.3) is 0 Å². The van der Waals surface area contributed by atoms with E-state index in [9.17, 15) is 0 Å². The molecule has 0 aromatic rings. The van der Waals surface area contributed by atoms with Crippen LogP contribution < -0.4 is 169 Å². The van der Waals surface area contributed by atoms with Crippen LogP contribution in [-0.4, -0.2) is 17.7 Å². The van der Waals surface area contributed by atoms with E-state index in [-0.39, 0.29) is 160 Å². The van der Waals surface area contributed by atoms with Gasteiger partial charge in [0.2, 0.25) is 0 Å². The van der Waals surface area contributed by atoms with Crippen LogP contribution in [0.4, 0.5) is 0 Å². The van der Waals surface area contributed by atoms with Gasteiger partial charge in [-0.05, 0) is 0 Å². The number of aliphatic hydroxyl groups is 1. The third-order valence-corrected chi connectivity index (χ3v) is 0. The minimum Gasteiger partial charge on any atom is -0.822 e. The Kier molecular flexibility index (Phi) is 79.4. The molecule has 0 atom stereocenters. The standard InChI is InChI=1S/CH4O.3K.H3O4P.H2O/c1-2;;;;1-5(2,3)4;/h2H,1H3;;;;(H3,1,2,3,4);1H2/q;3*+1;;/p-3. The molecule has 0 aliphatic carbocycles. The molecule has 6 nitrogen and oxygen atoms in total. The van der Waals surface area contributed by atoms with E-state index in [4.69, 9.17) is 24.4 Å². The van der Waals surface area contributed by atoms with Crippen molar-refractivity contribution >= 4 is 7.82 Å². The molecular formula is CH6K3O6P. The van der Waals surface area contributed by atoms with E-state index in [0.29, 0.717) is 0 Å². The smallest absolute Gasteiger partial charge is 0.822 e. The van der Waals surface area contributed by atoms with Crippen molar-refractivity contribution in [2.24, 2.45) is 0 Å². The number of rotatable bonds is 0. The minimum atomic E-state index is -5.39. The summed E-state index contributed by atoms with van der Waals surface area (Å²) >= 11 is 0. The number of hydrogen-bond acceptors (Lipinski definition) is 5. The van der Waals surface area contributed by atoms with Crippen molar-refractivity contribution < 1.29 is 184 Å². The minimum absolute atomic E-state index is 0. The Bertz CT molecular complexity index is 64.0. The van der Waals surface area contributed by atoms with Gasteiger partial charge in [-0.1, -0.05) is 0 Å². The molecule has 0 radical (unpaired) electrons. The molecule has 0 aromatic heterocycles. The van der Waals surface area contributed by atoms with Crippen LogP contribution in [0.3, 0.4) is 0 Å². The van der Waals surface area contributed by atoms with Gasteiger partial charge < -0.3 is 29.8 Å². The van der Waals surface area contributed by atoms with Gasteiger partial charge in [0.15, 0.2) is 0 Å². The molecule has 0 spiro atoms. The van der Waals surface area contributed by atoms with E-state index in [1.54, 1.807) is 0 Å². The first-order valence-electron chi connectivity index (χ1n) is 1.18. The van der Waals surface area contributed by atoms with Gasteiger partial charge in [-0.15, -0.1) is 0 Å². The molecular weight excluding hydrogens is 256 g/mol. The fraction of sp³-hybridized carbons (Fsp3) is 1.00. The maximum atomic E-state index is 8.55. The Morgan fingerprint density at radius 1 is 1.00 bits per heavy atom. The molecule has 54 valence electrons. The van der Waals surface area contributed by atoms with Crippen molar-refractivity contribution in [3.05, 3.63) is 0 Å². The van der Waals surface area contributed by atoms with Gasteiger partial charge in [-0.2, -0.15) is 7.82 Å². The van der Waals surface area contributed by atoms with Crippen molar-refractivity contribution in [2.75, 3.05) is 7.11 Å². The molecule has 0 aliphatic rings. The second-order valence-corrected chi connectivity index (χ2v) is 1.34. The van der Waals surface area contributed by atoms with Gasteiger partial charge in [-0.3, -0.25) is 0 Å². The summed E-state index contributed by atoms with van der Waals surface area (Å²) in [4.78, 5) is 25.6. The van der Waals surface area contributed by atoms with Crippen LogP contribution in [-0.2, 0) is 4.57 Å². The van der Waals surface area contributed by atoms with Crippen molar-refractivity contribution in [2.45, 2.75) is 0 Å². The molecule has 0 amide bonds. The Morgan fingerprint density at radius 2 is 1.00 bits per heavy atom. The Morgan fingerprint density at radius 3 is 1.00 bits per heavy atom. The van der Waals surface area contributed by atoms with E-state index in [1.807, 2.05) is 0 Å². The summed E-state index contributed by atoms with van der Waals surface area (Å²) in [5.74, 6) is 0. The monoisotopic (exact) mass is 262 g/mol. The van der Waals surface area contributed by atoms with Crippen LogP contribution in [0, 0.1) is 0 Å². The average molecular weight is 262 g/mol. The van der Waals surface area contributed by atoms with Crippen LogP contribution in [0.1, 0.15) is 0 Å². The zero-order valence-electron chi connectivity index (χ0n) is 7.03. The largest absolute Gasteiger partial charge is 1.00 e. The molecule has 11 heavy (non-hydrogen) atoms. The van der Waals surface area contributed by atoms with Crippen molar-refractivity contribution in [1.82, 2.24) is 0 Å². The quantitative estimate of drug-likeness (QED) is 0.341. The Balaban J connectivity index is -0.00000000972. The second-order valence-electron chi connectivity index (χ2n) is 0.447. The summed E-state index contributed by atoms with van der Waals surface area (Å²) in [6.07, 6.45) is 0. The van der Waals surface area contributed by atoms with Crippen LogP contribution in [0.5, 0.6) is 0 Å². The molecule has 0 unspecified atom stereocenters. The van der Waals surface area contributed by atoms with E-state index in [2.05, 4.69) is 0 Å². The summed E-state index contributed by atoms with van der Waals surface area (Å²) in [7, 11) is -4.39. The Hall–Kier alpha value is 4.94. The molecule has 3 N–H and O–H groups in total. The summed E-state index contributed by atoms with van der Waals surface area (Å²) in [5, 5.41) is 7.00. The average Bonchev–Trinajstić information content (AvgIpc) is 1.36. The van der Waals surface area contributed by atoms with Gasteiger partial charge >= 0.3 is 154 Å². The molecule has 0 bridgehead atoms. The predicted octanol–water partition coefficient (Wildman–Crippen LogP) is -13.0. The number of hydrogen-bond donors (Lipinski definition) is 1. The van der Waals surface area contributed by atoms with E-state index < -0.39 is 7.82 Å². The zero-order chi connectivity index (χ0) is 6.50. The SMILES string of the molecule is CO.O.O=P([O-])([O-])[O-].[K+].[K+].[K+]. The molecule has 0 saturated carbocycles. The fourth-order valence-electron chi connectivity index (χ4n) is 0. The topological polar surface area (TPSA) is 138 Å². The third-order valence-electron chi connectivity index (χ3n) is 0. The molecule has 0 saturated heterocycles. The van der Waals surface area contributed by atoms with Crippen molar-refractivity contribution in [3.63, 3.8) is 0 Å². The summed E-state index contributed by atoms with van der Waals surface area (Å²) < 4.78 is 8.55. The second kappa shape index (κ2) is 24.3. The van der Waals surface area contributed by atoms with Crippen LogP contribution in [0.2, 0.25) is 0 Å². The molecule has 10 heteroatoms.